The van der Waals surface area contributed by atoms with Crippen molar-refractivity contribution in [3.05, 3.63) is 53.1 Å². The molecule has 1 aliphatic heterocycles. The van der Waals surface area contributed by atoms with E-state index in [1.165, 1.54) is 18.3 Å². The second-order valence-electron chi connectivity index (χ2n) is 6.70. The van der Waals surface area contributed by atoms with Crippen molar-refractivity contribution in [1.29, 1.82) is 0 Å². The lowest BCUT2D eigenvalue weighted by atomic mass is 10.0. The van der Waals surface area contributed by atoms with Crippen molar-refractivity contribution in [2.45, 2.75) is 24.7 Å². The molecule has 0 atom stereocenters. The molecule has 0 radical (unpaired) electrons. The molecular weight excluding hydrogens is 400 g/mol. The van der Waals surface area contributed by atoms with Gasteiger partial charge in [0.1, 0.15) is 12.4 Å². The number of sulfonamides is 1. The minimum Gasteiger partial charge on any atom is -0.492 e. The van der Waals surface area contributed by atoms with Crippen molar-refractivity contribution >= 4 is 33.2 Å². The maximum Gasteiger partial charge on any atom is 0.242 e. The number of halogens is 1. The predicted octanol–water partition coefficient (Wildman–Crippen LogP) is 3.34. The first-order valence-corrected chi connectivity index (χ1v) is 10.9. The van der Waals surface area contributed by atoms with Crippen LogP contribution in [-0.2, 0) is 21.2 Å². The van der Waals surface area contributed by atoms with Crippen molar-refractivity contribution in [3.63, 3.8) is 0 Å². The van der Waals surface area contributed by atoms with Crippen LogP contribution in [0.4, 0.5) is 5.69 Å². The van der Waals surface area contributed by atoms with Gasteiger partial charge in [0.2, 0.25) is 15.9 Å². The topological polar surface area (TPSA) is 66.9 Å². The van der Waals surface area contributed by atoms with E-state index in [1.807, 2.05) is 0 Å². The number of carbonyl (C=O) groups excluding carboxylic acids is 1. The Bertz CT molecular complexity index is 978. The van der Waals surface area contributed by atoms with E-state index in [0.717, 1.165) is 24.1 Å². The minimum atomic E-state index is -3.65. The van der Waals surface area contributed by atoms with Gasteiger partial charge in [-0.25, -0.2) is 8.42 Å². The number of ether oxygens (including phenoxy) is 1. The summed E-state index contributed by atoms with van der Waals surface area (Å²) in [4.78, 5) is 13.7. The third-order valence-electron chi connectivity index (χ3n) is 4.73. The Labute approximate surface area is 170 Å². The quantitative estimate of drug-likeness (QED) is 0.716. The number of benzene rings is 2. The highest BCUT2D eigenvalue weighted by atomic mass is 35.5. The molecule has 0 fully saturated rings. The summed E-state index contributed by atoms with van der Waals surface area (Å²) in [5.41, 5.74) is 1.68. The molecule has 2 aromatic rings. The van der Waals surface area contributed by atoms with Crippen molar-refractivity contribution < 1.29 is 17.9 Å². The van der Waals surface area contributed by atoms with Gasteiger partial charge in [0.25, 0.3) is 0 Å². The smallest absolute Gasteiger partial charge is 0.242 e. The van der Waals surface area contributed by atoms with Gasteiger partial charge >= 0.3 is 0 Å². The van der Waals surface area contributed by atoms with Gasteiger partial charge in [-0.2, -0.15) is 4.31 Å². The van der Waals surface area contributed by atoms with E-state index in [1.54, 1.807) is 47.4 Å². The monoisotopic (exact) mass is 422 g/mol. The van der Waals surface area contributed by atoms with Crippen LogP contribution in [0.25, 0.3) is 0 Å². The molecule has 0 spiro atoms. The number of aryl methyl sites for hydroxylation is 1. The molecule has 1 heterocycles. The van der Waals surface area contributed by atoms with Gasteiger partial charge in [-0.3, -0.25) is 4.79 Å². The van der Waals surface area contributed by atoms with Crippen LogP contribution >= 0.6 is 11.6 Å². The average molecular weight is 423 g/mol. The van der Waals surface area contributed by atoms with Gasteiger partial charge in [-0.1, -0.05) is 17.7 Å². The molecule has 8 heteroatoms. The summed E-state index contributed by atoms with van der Waals surface area (Å²) in [6.45, 7) is 2.59. The van der Waals surface area contributed by atoms with Crippen molar-refractivity contribution in [3.8, 4) is 5.75 Å². The van der Waals surface area contributed by atoms with Gasteiger partial charge in [-0.15, -0.1) is 0 Å². The number of anilines is 1. The minimum absolute atomic E-state index is 0.0353. The third kappa shape index (κ3) is 4.48. The van der Waals surface area contributed by atoms with Crippen LogP contribution in [0, 0.1) is 0 Å². The molecule has 0 unspecified atom stereocenters. The number of rotatable bonds is 6. The van der Waals surface area contributed by atoms with Gasteiger partial charge in [-0.05, 0) is 54.8 Å². The largest absolute Gasteiger partial charge is 0.492 e. The first-order valence-electron chi connectivity index (χ1n) is 9.05. The van der Waals surface area contributed by atoms with E-state index in [2.05, 4.69) is 0 Å². The lowest BCUT2D eigenvalue weighted by molar-refractivity contribution is -0.116. The van der Waals surface area contributed by atoms with Crippen molar-refractivity contribution in [2.24, 2.45) is 0 Å². The molecule has 3 rings (SSSR count). The summed E-state index contributed by atoms with van der Waals surface area (Å²) in [7, 11) is -2.12. The number of carbonyl (C=O) groups is 1. The summed E-state index contributed by atoms with van der Waals surface area (Å²) < 4.78 is 32.7. The number of fused-ring (bicyclic) bond motifs is 1. The second-order valence-corrected chi connectivity index (χ2v) is 9.18. The Hall–Kier alpha value is -2.09. The molecule has 0 saturated carbocycles. The third-order valence-corrected chi connectivity index (χ3v) is 6.82. The van der Waals surface area contributed by atoms with Gasteiger partial charge < -0.3 is 9.64 Å². The summed E-state index contributed by atoms with van der Waals surface area (Å²) in [5, 5.41) is 0.562. The summed E-state index contributed by atoms with van der Waals surface area (Å²) in [5.74, 6) is 0.559. The maximum atomic E-state index is 12.9. The molecular formula is C20H23ClN2O4S. The predicted molar refractivity (Wildman–Crippen MR) is 110 cm³/mol. The maximum absolute atomic E-state index is 12.9. The Kier molecular flexibility index (Phi) is 6.27. The zero-order valence-electron chi connectivity index (χ0n) is 15.9. The highest BCUT2D eigenvalue weighted by Crippen LogP contribution is 2.30. The molecule has 150 valence electrons. The van der Waals surface area contributed by atoms with Crippen LogP contribution in [0.1, 0.15) is 18.9 Å². The fourth-order valence-corrected chi connectivity index (χ4v) is 4.60. The average Bonchev–Trinajstić information content (AvgIpc) is 2.66. The summed E-state index contributed by atoms with van der Waals surface area (Å²) >= 11 is 5.92. The molecule has 0 aromatic heterocycles. The Morgan fingerprint density at radius 3 is 2.75 bits per heavy atom. The van der Waals surface area contributed by atoms with Gasteiger partial charge in [0.05, 0.1) is 4.90 Å². The highest BCUT2D eigenvalue weighted by molar-refractivity contribution is 7.89. The van der Waals surface area contributed by atoms with E-state index in [9.17, 15) is 13.2 Å². The lowest BCUT2D eigenvalue weighted by Gasteiger charge is -2.29. The van der Waals surface area contributed by atoms with Crippen LogP contribution in [0.15, 0.2) is 47.4 Å². The Balaban J connectivity index is 1.70. The van der Waals surface area contributed by atoms with Crippen LogP contribution < -0.4 is 9.64 Å². The molecule has 28 heavy (non-hydrogen) atoms. The molecule has 0 aliphatic carbocycles. The van der Waals surface area contributed by atoms with E-state index >= 15 is 0 Å². The first-order chi connectivity index (χ1) is 13.3. The number of nitrogens with zero attached hydrogens (tertiary/aromatic N) is 2. The second kappa shape index (κ2) is 8.51. The number of likely N-dealkylation sites (N-methyl/N-ethyl adjacent to an activating group) is 1. The SMILES string of the molecule is CC(=O)N1CCCc2cc(S(=O)(=O)N(C)CCOc3cccc(Cl)c3)ccc21. The van der Waals surface area contributed by atoms with E-state index in [0.29, 0.717) is 17.3 Å². The van der Waals surface area contributed by atoms with E-state index in [4.69, 9.17) is 16.3 Å². The van der Waals surface area contributed by atoms with Crippen LogP contribution in [0.2, 0.25) is 5.02 Å². The number of hydrogen-bond donors (Lipinski definition) is 0. The standard InChI is InChI=1S/C20H23ClN2O4S/c1-15(24)23-10-4-5-16-13-19(8-9-20(16)23)28(25,26)22(2)11-12-27-18-7-3-6-17(21)14-18/h3,6-9,13-14H,4-5,10-12H2,1-2H3. The van der Waals surface area contributed by atoms with E-state index in [-0.39, 0.29) is 24.0 Å². The van der Waals surface area contributed by atoms with Crippen LogP contribution in [0.3, 0.4) is 0 Å². The zero-order chi connectivity index (χ0) is 20.3. The summed E-state index contributed by atoms with van der Waals surface area (Å²) in [6, 6.07) is 11.9. The molecule has 0 saturated heterocycles. The van der Waals surface area contributed by atoms with Crippen LogP contribution in [-0.4, -0.2) is 45.4 Å². The normalized spacial score (nSPS) is 14.1. The fourth-order valence-electron chi connectivity index (χ4n) is 3.21. The lowest BCUT2D eigenvalue weighted by Crippen LogP contribution is -2.34. The molecule has 0 N–H and O–H groups in total. The molecule has 1 amide bonds. The molecule has 2 aromatic carbocycles. The number of hydrogen-bond acceptors (Lipinski definition) is 4. The molecule has 6 nitrogen and oxygen atoms in total. The zero-order valence-corrected chi connectivity index (χ0v) is 17.5. The molecule has 0 bridgehead atoms. The molecule has 1 aliphatic rings. The van der Waals surface area contributed by atoms with Crippen LogP contribution in [0.5, 0.6) is 5.75 Å². The Morgan fingerprint density at radius 1 is 1.25 bits per heavy atom. The van der Waals surface area contributed by atoms with E-state index < -0.39 is 10.0 Å². The Morgan fingerprint density at radius 2 is 2.04 bits per heavy atom. The van der Waals surface area contributed by atoms with Crippen molar-refractivity contribution in [2.75, 3.05) is 31.6 Å². The first kappa shape index (κ1) is 20.6. The highest BCUT2D eigenvalue weighted by Gasteiger charge is 2.25. The van der Waals surface area contributed by atoms with Gasteiger partial charge in [0, 0.05) is 37.8 Å². The van der Waals surface area contributed by atoms with Gasteiger partial charge in [0.15, 0.2) is 0 Å². The van der Waals surface area contributed by atoms with Crippen molar-refractivity contribution in [1.82, 2.24) is 4.31 Å². The number of amides is 1. The summed E-state index contributed by atoms with van der Waals surface area (Å²) in [6.07, 6.45) is 1.57. The fraction of sp³-hybridized carbons (Fsp3) is 0.350.